The molecule has 5 nitrogen and oxygen atoms in total. The molecule has 0 aromatic heterocycles. The smallest absolute Gasteiger partial charge is 0.241 e. The van der Waals surface area contributed by atoms with Crippen molar-refractivity contribution in [2.75, 3.05) is 6.54 Å². The van der Waals surface area contributed by atoms with Gasteiger partial charge in [-0.15, -0.1) is 12.4 Å². The summed E-state index contributed by atoms with van der Waals surface area (Å²) < 4.78 is 27.7. The van der Waals surface area contributed by atoms with Gasteiger partial charge in [0.2, 0.25) is 10.0 Å². The number of nitriles is 1. The summed E-state index contributed by atoms with van der Waals surface area (Å²) in [5, 5.41) is 12.2. The number of benzene rings is 1. The Labute approximate surface area is 132 Å². The van der Waals surface area contributed by atoms with Crippen LogP contribution in [0.4, 0.5) is 0 Å². The average Bonchev–Trinajstić information content (AvgIpc) is 2.38. The van der Waals surface area contributed by atoms with Crippen LogP contribution in [-0.2, 0) is 10.0 Å². The summed E-state index contributed by atoms with van der Waals surface area (Å²) in [6, 6.07) is 6.95. The van der Waals surface area contributed by atoms with Gasteiger partial charge in [-0.2, -0.15) is 5.26 Å². The van der Waals surface area contributed by atoms with Crippen LogP contribution in [0.15, 0.2) is 23.1 Å². The predicted molar refractivity (Wildman–Crippen MR) is 84.0 cm³/mol. The number of rotatable bonds is 3. The van der Waals surface area contributed by atoms with Crippen LogP contribution >= 0.6 is 12.4 Å². The third-order valence-corrected chi connectivity index (χ3v) is 5.21. The second-order valence-corrected chi connectivity index (χ2v) is 6.97. The summed E-state index contributed by atoms with van der Waals surface area (Å²) in [7, 11) is -3.58. The molecular formula is C14H20ClN3O2S. The number of hydrogen-bond acceptors (Lipinski definition) is 4. The highest BCUT2D eigenvalue weighted by atomic mass is 35.5. The van der Waals surface area contributed by atoms with E-state index < -0.39 is 10.0 Å². The van der Waals surface area contributed by atoms with Gasteiger partial charge in [-0.25, -0.2) is 13.1 Å². The minimum Gasteiger partial charge on any atom is -0.314 e. The maximum Gasteiger partial charge on any atom is 0.241 e. The van der Waals surface area contributed by atoms with Gasteiger partial charge in [0.05, 0.1) is 16.5 Å². The molecule has 0 bridgehead atoms. The Morgan fingerprint density at radius 2 is 2.14 bits per heavy atom. The molecule has 1 aliphatic rings. The van der Waals surface area contributed by atoms with E-state index in [1.165, 1.54) is 6.07 Å². The number of aryl methyl sites for hydroxylation is 1. The van der Waals surface area contributed by atoms with Crippen LogP contribution < -0.4 is 10.0 Å². The SMILES string of the molecule is Cc1ccc(C#N)cc1S(=O)(=O)NC1CCNC(C)C1.Cl. The highest BCUT2D eigenvalue weighted by molar-refractivity contribution is 7.89. The Hall–Kier alpha value is -1.13. The lowest BCUT2D eigenvalue weighted by molar-refractivity contribution is 0.361. The molecule has 1 fully saturated rings. The quantitative estimate of drug-likeness (QED) is 0.884. The van der Waals surface area contributed by atoms with Crippen LogP contribution in [0.2, 0.25) is 0 Å². The highest BCUT2D eigenvalue weighted by Gasteiger charge is 2.25. The molecule has 116 valence electrons. The first kappa shape index (κ1) is 17.9. The summed E-state index contributed by atoms with van der Waals surface area (Å²) in [6.45, 7) is 4.59. The first-order chi connectivity index (χ1) is 9.42. The van der Waals surface area contributed by atoms with Gasteiger partial charge < -0.3 is 5.32 Å². The Bertz CT molecular complexity index is 640. The van der Waals surface area contributed by atoms with E-state index in [4.69, 9.17) is 5.26 Å². The third-order valence-electron chi connectivity index (χ3n) is 3.55. The van der Waals surface area contributed by atoms with E-state index in [0.717, 1.165) is 19.4 Å². The number of nitrogens with one attached hydrogen (secondary N) is 2. The molecule has 0 amide bonds. The van der Waals surface area contributed by atoms with Crippen molar-refractivity contribution in [2.24, 2.45) is 0 Å². The summed E-state index contributed by atoms with van der Waals surface area (Å²) in [5.74, 6) is 0. The fraction of sp³-hybridized carbons (Fsp3) is 0.500. The molecule has 7 heteroatoms. The molecule has 0 radical (unpaired) electrons. The van der Waals surface area contributed by atoms with Gasteiger partial charge in [0.15, 0.2) is 0 Å². The second-order valence-electron chi connectivity index (χ2n) is 5.29. The first-order valence-corrected chi connectivity index (χ1v) is 8.17. The molecule has 0 saturated carbocycles. The fourth-order valence-corrected chi connectivity index (χ4v) is 4.03. The maximum absolute atomic E-state index is 12.5. The van der Waals surface area contributed by atoms with Crippen molar-refractivity contribution < 1.29 is 8.42 Å². The monoisotopic (exact) mass is 329 g/mol. The van der Waals surface area contributed by atoms with E-state index in [9.17, 15) is 8.42 Å². The molecule has 21 heavy (non-hydrogen) atoms. The van der Waals surface area contributed by atoms with Crippen molar-refractivity contribution in [3.8, 4) is 6.07 Å². The standard InChI is InChI=1S/C14H19N3O2S.ClH/c1-10-3-4-12(9-15)8-14(10)20(18,19)17-13-5-6-16-11(2)7-13;/h3-4,8,11,13,16-17H,5-7H2,1-2H3;1H. The van der Waals surface area contributed by atoms with Crippen LogP contribution in [0.5, 0.6) is 0 Å². The fourth-order valence-electron chi connectivity index (χ4n) is 2.48. The van der Waals surface area contributed by atoms with Gasteiger partial charge in [0, 0.05) is 12.1 Å². The van der Waals surface area contributed by atoms with Gasteiger partial charge in [-0.1, -0.05) is 6.07 Å². The molecule has 1 aliphatic heterocycles. The molecular weight excluding hydrogens is 310 g/mol. The van der Waals surface area contributed by atoms with Crippen molar-refractivity contribution in [3.63, 3.8) is 0 Å². The summed E-state index contributed by atoms with van der Waals surface area (Å²) in [5.41, 5.74) is 1.01. The lowest BCUT2D eigenvalue weighted by Crippen LogP contribution is -2.46. The van der Waals surface area contributed by atoms with Crippen LogP contribution in [0.3, 0.4) is 0 Å². The summed E-state index contributed by atoms with van der Waals surface area (Å²) in [6.07, 6.45) is 1.55. The summed E-state index contributed by atoms with van der Waals surface area (Å²) >= 11 is 0. The van der Waals surface area contributed by atoms with E-state index >= 15 is 0 Å². The number of nitrogens with zero attached hydrogens (tertiary/aromatic N) is 1. The van der Waals surface area contributed by atoms with E-state index in [1.54, 1.807) is 19.1 Å². The number of piperidine rings is 1. The molecule has 2 rings (SSSR count). The molecule has 2 atom stereocenters. The van der Waals surface area contributed by atoms with Gasteiger partial charge in [0.1, 0.15) is 0 Å². The lowest BCUT2D eigenvalue weighted by atomic mass is 10.0. The minimum absolute atomic E-state index is 0. The lowest BCUT2D eigenvalue weighted by Gasteiger charge is -2.28. The number of halogens is 1. The Morgan fingerprint density at radius 1 is 1.43 bits per heavy atom. The van der Waals surface area contributed by atoms with E-state index in [2.05, 4.69) is 10.0 Å². The molecule has 2 unspecified atom stereocenters. The maximum atomic E-state index is 12.5. The van der Waals surface area contributed by atoms with Crippen LogP contribution in [0.25, 0.3) is 0 Å². The van der Waals surface area contributed by atoms with Crippen molar-refractivity contribution in [3.05, 3.63) is 29.3 Å². The molecule has 0 aliphatic carbocycles. The Balaban J connectivity index is 0.00000220. The number of sulfonamides is 1. The first-order valence-electron chi connectivity index (χ1n) is 6.69. The highest BCUT2D eigenvalue weighted by Crippen LogP contribution is 2.19. The molecule has 1 aromatic rings. The molecule has 1 saturated heterocycles. The Kier molecular flexibility index (Phi) is 6.17. The normalized spacial score (nSPS) is 22.1. The molecule has 0 spiro atoms. The van der Waals surface area contributed by atoms with Crippen LogP contribution in [-0.4, -0.2) is 27.0 Å². The van der Waals surface area contributed by atoms with Gasteiger partial charge in [-0.3, -0.25) is 0 Å². The zero-order valence-corrected chi connectivity index (χ0v) is 13.7. The van der Waals surface area contributed by atoms with E-state index in [-0.39, 0.29) is 23.3 Å². The van der Waals surface area contributed by atoms with Gasteiger partial charge in [-0.05, 0) is 50.9 Å². The van der Waals surface area contributed by atoms with E-state index in [0.29, 0.717) is 17.2 Å². The van der Waals surface area contributed by atoms with Crippen LogP contribution in [0.1, 0.15) is 30.9 Å². The minimum atomic E-state index is -3.58. The molecule has 2 N–H and O–H groups in total. The predicted octanol–water partition coefficient (Wildman–Crippen LogP) is 1.71. The van der Waals surface area contributed by atoms with Gasteiger partial charge in [0.25, 0.3) is 0 Å². The third kappa shape index (κ3) is 4.42. The van der Waals surface area contributed by atoms with Crippen molar-refractivity contribution in [2.45, 2.75) is 43.7 Å². The van der Waals surface area contributed by atoms with Gasteiger partial charge >= 0.3 is 0 Å². The largest absolute Gasteiger partial charge is 0.314 e. The van der Waals surface area contributed by atoms with E-state index in [1.807, 2.05) is 13.0 Å². The van der Waals surface area contributed by atoms with Crippen LogP contribution in [0, 0.1) is 18.3 Å². The average molecular weight is 330 g/mol. The zero-order chi connectivity index (χ0) is 14.8. The number of hydrogen-bond donors (Lipinski definition) is 2. The molecule has 1 heterocycles. The molecule has 1 aromatic carbocycles. The van der Waals surface area contributed by atoms with Crippen molar-refractivity contribution in [1.29, 1.82) is 5.26 Å². The zero-order valence-electron chi connectivity index (χ0n) is 12.1. The summed E-state index contributed by atoms with van der Waals surface area (Å²) in [4.78, 5) is 0.197. The second kappa shape index (κ2) is 7.23. The topological polar surface area (TPSA) is 82.0 Å². The Morgan fingerprint density at radius 3 is 2.76 bits per heavy atom. The van der Waals surface area contributed by atoms with Crippen molar-refractivity contribution >= 4 is 22.4 Å². The van der Waals surface area contributed by atoms with Crippen molar-refractivity contribution in [1.82, 2.24) is 10.0 Å².